The summed E-state index contributed by atoms with van der Waals surface area (Å²) in [6.45, 7) is 1.80. The number of hydrogen-bond acceptors (Lipinski definition) is 2. The minimum atomic E-state index is -1.67. The van der Waals surface area contributed by atoms with Crippen LogP contribution in [0.3, 0.4) is 0 Å². The van der Waals surface area contributed by atoms with Gasteiger partial charge in [0.15, 0.2) is 17.5 Å². The van der Waals surface area contributed by atoms with Gasteiger partial charge in [-0.05, 0) is 19.1 Å². The molecule has 1 amide bonds. The number of benzene rings is 1. The maximum atomic E-state index is 13.4. The van der Waals surface area contributed by atoms with Gasteiger partial charge in [-0.1, -0.05) is 12.2 Å². The minimum Gasteiger partial charge on any atom is -0.392 e. The third kappa shape index (κ3) is 2.98. The van der Waals surface area contributed by atoms with Crippen molar-refractivity contribution in [1.29, 1.82) is 0 Å². The molecule has 3 nitrogen and oxygen atoms in total. The topological polar surface area (TPSA) is 46.3 Å². The lowest BCUT2D eigenvalue weighted by Crippen LogP contribution is -2.38. The van der Waals surface area contributed by atoms with E-state index >= 15 is 0 Å². The molecule has 98 valence electrons. The van der Waals surface area contributed by atoms with E-state index in [0.29, 0.717) is 6.07 Å². The van der Waals surface area contributed by atoms with Crippen LogP contribution in [-0.2, 0) is 0 Å². The average molecular weight is 276 g/mol. The highest BCUT2D eigenvalue weighted by Gasteiger charge is 2.22. The van der Waals surface area contributed by atoms with E-state index in [1.807, 2.05) is 0 Å². The van der Waals surface area contributed by atoms with Gasteiger partial charge in [0.2, 0.25) is 0 Å². The lowest BCUT2D eigenvalue weighted by Gasteiger charge is -2.20. The molecule has 0 aromatic heterocycles. The van der Waals surface area contributed by atoms with Gasteiger partial charge in [-0.3, -0.25) is 4.79 Å². The second kappa shape index (κ2) is 5.81. The normalized spacial score (nSPS) is 10.2. The summed E-state index contributed by atoms with van der Waals surface area (Å²) in [5.74, 6) is -5.32. The summed E-state index contributed by atoms with van der Waals surface area (Å²) < 4.78 is 39.2. The highest BCUT2D eigenvalue weighted by molar-refractivity contribution is 7.80. The molecule has 18 heavy (non-hydrogen) atoms. The summed E-state index contributed by atoms with van der Waals surface area (Å²) in [5, 5.41) is 0. The van der Waals surface area contributed by atoms with Crippen LogP contribution < -0.4 is 5.73 Å². The molecule has 0 saturated carbocycles. The predicted octanol–water partition coefficient (Wildman–Crippen LogP) is 1.85. The predicted molar refractivity (Wildman–Crippen MR) is 64.7 cm³/mol. The molecule has 0 aliphatic heterocycles. The van der Waals surface area contributed by atoms with Crippen molar-refractivity contribution in [3.63, 3.8) is 0 Å². The number of nitrogens with zero attached hydrogens (tertiary/aromatic N) is 1. The molecule has 1 aromatic carbocycles. The zero-order valence-corrected chi connectivity index (χ0v) is 10.4. The van der Waals surface area contributed by atoms with E-state index in [1.54, 1.807) is 6.92 Å². The Bertz CT molecular complexity index is 493. The van der Waals surface area contributed by atoms with Gasteiger partial charge in [0.25, 0.3) is 5.91 Å². The number of nitrogens with two attached hydrogens (primary N) is 1. The van der Waals surface area contributed by atoms with Crippen molar-refractivity contribution in [2.75, 3.05) is 13.1 Å². The van der Waals surface area contributed by atoms with Gasteiger partial charge in [-0.25, -0.2) is 13.2 Å². The Morgan fingerprint density at radius 2 is 1.94 bits per heavy atom. The highest BCUT2D eigenvalue weighted by Crippen LogP contribution is 2.16. The van der Waals surface area contributed by atoms with Crippen LogP contribution in [0.2, 0.25) is 0 Å². The molecule has 0 spiro atoms. The molecule has 0 aliphatic carbocycles. The van der Waals surface area contributed by atoms with Crippen molar-refractivity contribution in [3.05, 3.63) is 35.1 Å². The van der Waals surface area contributed by atoms with Crippen molar-refractivity contribution in [3.8, 4) is 0 Å². The van der Waals surface area contributed by atoms with Crippen molar-refractivity contribution < 1.29 is 18.0 Å². The Kier molecular flexibility index (Phi) is 4.66. The summed E-state index contributed by atoms with van der Waals surface area (Å²) in [6, 6.07) is 1.58. The van der Waals surface area contributed by atoms with Crippen molar-refractivity contribution in [1.82, 2.24) is 4.90 Å². The molecule has 0 unspecified atom stereocenters. The monoisotopic (exact) mass is 276 g/mol. The Balaban J connectivity index is 3.10. The molecule has 0 atom stereocenters. The van der Waals surface area contributed by atoms with Gasteiger partial charge in [0.1, 0.15) is 0 Å². The van der Waals surface area contributed by atoms with Gasteiger partial charge in [0.05, 0.1) is 17.1 Å². The summed E-state index contributed by atoms with van der Waals surface area (Å²) in [6.07, 6.45) is 0. The number of thiocarbonyl (C=S) groups is 1. The van der Waals surface area contributed by atoms with Crippen molar-refractivity contribution in [2.45, 2.75) is 6.92 Å². The van der Waals surface area contributed by atoms with E-state index in [4.69, 9.17) is 5.73 Å². The van der Waals surface area contributed by atoms with Gasteiger partial charge in [0, 0.05) is 6.54 Å². The van der Waals surface area contributed by atoms with Crippen LogP contribution in [0.5, 0.6) is 0 Å². The first-order valence-corrected chi connectivity index (χ1v) is 5.50. The third-order valence-corrected chi connectivity index (χ3v) is 2.41. The third-order valence-electron chi connectivity index (χ3n) is 2.28. The van der Waals surface area contributed by atoms with Gasteiger partial charge in [-0.15, -0.1) is 0 Å². The second-order valence-electron chi connectivity index (χ2n) is 3.51. The molecular formula is C11H11F3N2OS. The van der Waals surface area contributed by atoms with Gasteiger partial charge in [-0.2, -0.15) is 0 Å². The molecular weight excluding hydrogens is 265 g/mol. The van der Waals surface area contributed by atoms with E-state index in [-0.39, 0.29) is 18.1 Å². The molecule has 0 aliphatic rings. The fourth-order valence-electron chi connectivity index (χ4n) is 1.38. The summed E-state index contributed by atoms with van der Waals surface area (Å²) in [7, 11) is 0. The molecule has 0 heterocycles. The molecule has 0 radical (unpaired) electrons. The molecule has 0 saturated heterocycles. The molecule has 2 N–H and O–H groups in total. The first kappa shape index (κ1) is 14.4. The van der Waals surface area contributed by atoms with Crippen LogP contribution in [0.25, 0.3) is 0 Å². The average Bonchev–Trinajstić information content (AvgIpc) is 2.32. The molecule has 7 heteroatoms. The number of carbonyl (C=O) groups excluding carboxylic acids is 1. The van der Waals surface area contributed by atoms with Crippen molar-refractivity contribution in [2.24, 2.45) is 5.73 Å². The zero-order chi connectivity index (χ0) is 13.9. The maximum Gasteiger partial charge on any atom is 0.257 e. The second-order valence-corrected chi connectivity index (χ2v) is 4.03. The van der Waals surface area contributed by atoms with E-state index in [9.17, 15) is 18.0 Å². The number of amides is 1. The Morgan fingerprint density at radius 3 is 2.44 bits per heavy atom. The summed E-state index contributed by atoms with van der Waals surface area (Å²) >= 11 is 4.64. The molecule has 0 fully saturated rings. The Morgan fingerprint density at radius 1 is 1.33 bits per heavy atom. The van der Waals surface area contributed by atoms with E-state index in [0.717, 1.165) is 11.0 Å². The zero-order valence-electron chi connectivity index (χ0n) is 9.54. The fourth-order valence-corrected chi connectivity index (χ4v) is 1.53. The van der Waals surface area contributed by atoms with E-state index in [2.05, 4.69) is 12.2 Å². The number of likely N-dealkylation sites (N-methyl/N-ethyl adjacent to an activating group) is 1. The molecule has 1 rings (SSSR count). The first-order valence-electron chi connectivity index (χ1n) is 5.09. The molecule has 0 bridgehead atoms. The quantitative estimate of drug-likeness (QED) is 0.674. The van der Waals surface area contributed by atoms with Crippen LogP contribution in [0.4, 0.5) is 13.2 Å². The van der Waals surface area contributed by atoms with Crippen molar-refractivity contribution >= 4 is 23.1 Å². The van der Waals surface area contributed by atoms with E-state index in [1.165, 1.54) is 0 Å². The van der Waals surface area contributed by atoms with Crippen LogP contribution >= 0.6 is 12.2 Å². The summed E-state index contributed by atoms with van der Waals surface area (Å²) in [4.78, 5) is 13.1. The van der Waals surface area contributed by atoms with Gasteiger partial charge >= 0.3 is 0 Å². The van der Waals surface area contributed by atoms with Crippen LogP contribution in [0.1, 0.15) is 17.3 Å². The number of carbonyl (C=O) groups is 1. The number of halogens is 3. The minimum absolute atomic E-state index is 0.0493. The standard InChI is InChI=1S/C11H11F3N2OS/c1-2-16(5-8(15)18)11(17)6-3-4-7(12)10(14)9(6)13/h3-4H,2,5H2,1H3,(H2,15,18). The highest BCUT2D eigenvalue weighted by atomic mass is 32.1. The Hall–Kier alpha value is -1.63. The number of rotatable bonds is 4. The molecule has 1 aromatic rings. The largest absolute Gasteiger partial charge is 0.392 e. The maximum absolute atomic E-state index is 13.4. The SMILES string of the molecule is CCN(CC(N)=S)C(=O)c1ccc(F)c(F)c1F. The lowest BCUT2D eigenvalue weighted by molar-refractivity contribution is 0.0782. The fraction of sp³-hybridized carbons (Fsp3) is 0.273. The number of hydrogen-bond donors (Lipinski definition) is 1. The van der Waals surface area contributed by atoms with Gasteiger partial charge < -0.3 is 10.6 Å². The van der Waals surface area contributed by atoms with Crippen LogP contribution in [0, 0.1) is 17.5 Å². The smallest absolute Gasteiger partial charge is 0.257 e. The van der Waals surface area contributed by atoms with E-state index < -0.39 is 28.9 Å². The lowest BCUT2D eigenvalue weighted by atomic mass is 10.1. The summed E-state index contributed by atoms with van der Waals surface area (Å²) in [5.41, 5.74) is 4.74. The Labute approximate surface area is 107 Å². The first-order chi connectivity index (χ1) is 8.38. The van der Waals surface area contributed by atoms with Crippen LogP contribution in [0.15, 0.2) is 12.1 Å². The van der Waals surface area contributed by atoms with Crippen LogP contribution in [-0.4, -0.2) is 28.9 Å².